The van der Waals surface area contributed by atoms with Gasteiger partial charge in [0.25, 0.3) is 5.91 Å². The summed E-state index contributed by atoms with van der Waals surface area (Å²) in [5.41, 5.74) is 8.77. The summed E-state index contributed by atoms with van der Waals surface area (Å²) in [5.74, 6) is -0.0732. The first-order chi connectivity index (χ1) is 13.1. The van der Waals surface area contributed by atoms with E-state index in [1.165, 1.54) is 16.9 Å². The number of rotatable bonds is 3. The molecule has 3 N–H and O–H groups in total. The van der Waals surface area contributed by atoms with Gasteiger partial charge in [0.1, 0.15) is 11.8 Å². The molecule has 0 spiro atoms. The summed E-state index contributed by atoms with van der Waals surface area (Å²) < 4.78 is 0. The molecule has 1 aromatic carbocycles. The maximum Gasteiger partial charge on any atom is 0.270 e. The Balaban J connectivity index is 1.60. The summed E-state index contributed by atoms with van der Waals surface area (Å²) in [4.78, 5) is 22.1. The highest BCUT2D eigenvalue weighted by Gasteiger charge is 2.41. The number of anilines is 1. The molecule has 1 saturated heterocycles. The van der Waals surface area contributed by atoms with E-state index in [1.54, 1.807) is 12.3 Å². The number of aromatic nitrogens is 2. The van der Waals surface area contributed by atoms with Crippen LogP contribution in [0.5, 0.6) is 0 Å². The molecule has 0 unspecified atom stereocenters. The lowest BCUT2D eigenvalue weighted by Gasteiger charge is -2.41. The average Bonchev–Trinajstić information content (AvgIpc) is 3.37. The Morgan fingerprint density at radius 2 is 2.04 bits per heavy atom. The van der Waals surface area contributed by atoms with Crippen molar-refractivity contribution in [3.8, 4) is 6.07 Å². The molecule has 1 aliphatic heterocycles. The van der Waals surface area contributed by atoms with Crippen molar-refractivity contribution in [1.82, 2.24) is 14.9 Å². The van der Waals surface area contributed by atoms with Gasteiger partial charge in [0, 0.05) is 30.1 Å². The average molecular weight is 377 g/mol. The van der Waals surface area contributed by atoms with E-state index in [1.807, 2.05) is 34.5 Å². The number of nitrogens with two attached hydrogens (primary N) is 1. The highest BCUT2D eigenvalue weighted by Crippen LogP contribution is 2.42. The Morgan fingerprint density at radius 1 is 1.30 bits per heavy atom. The molecule has 0 radical (unpaired) electrons. The van der Waals surface area contributed by atoms with Gasteiger partial charge >= 0.3 is 0 Å². The Kier molecular flexibility index (Phi) is 4.42. The molecule has 4 rings (SSSR count). The lowest BCUT2D eigenvalue weighted by molar-refractivity contribution is 0.0679. The van der Waals surface area contributed by atoms with Crippen molar-refractivity contribution in [2.75, 3.05) is 18.8 Å². The highest BCUT2D eigenvalue weighted by atomic mass is 32.1. The minimum atomic E-state index is -0.236. The summed E-state index contributed by atoms with van der Waals surface area (Å²) in [6.45, 7) is 1.23. The van der Waals surface area contributed by atoms with Crippen LogP contribution in [0.15, 0.2) is 48.0 Å². The van der Waals surface area contributed by atoms with Gasteiger partial charge in [0.15, 0.2) is 5.13 Å². The molecule has 7 heteroatoms. The Bertz CT molecular complexity index is 993. The topological polar surface area (TPSA) is 98.8 Å². The molecule has 0 atom stereocenters. The minimum Gasteiger partial charge on any atom is -0.375 e. The van der Waals surface area contributed by atoms with E-state index in [0.29, 0.717) is 29.5 Å². The molecular weight excluding hydrogens is 358 g/mol. The zero-order valence-electron chi connectivity index (χ0n) is 14.7. The Hall–Kier alpha value is -3.11. The van der Waals surface area contributed by atoms with Crippen molar-refractivity contribution in [3.05, 3.63) is 70.5 Å². The smallest absolute Gasteiger partial charge is 0.270 e. The number of nitrogens with one attached hydrogen (secondary N) is 1. The first kappa shape index (κ1) is 17.3. The second-order valence-electron chi connectivity index (χ2n) is 6.73. The molecule has 27 heavy (non-hydrogen) atoms. The second kappa shape index (κ2) is 6.89. The van der Waals surface area contributed by atoms with Crippen LogP contribution in [0.3, 0.4) is 0 Å². The van der Waals surface area contributed by atoms with Gasteiger partial charge in [-0.15, -0.1) is 11.3 Å². The summed E-state index contributed by atoms with van der Waals surface area (Å²) in [5, 5.41) is 11.6. The molecule has 3 heterocycles. The number of amides is 1. The van der Waals surface area contributed by atoms with Crippen molar-refractivity contribution in [1.29, 1.82) is 5.26 Å². The quantitative estimate of drug-likeness (QED) is 0.732. The molecule has 1 fully saturated rings. The SMILES string of the molecule is N#Cc1c[nH]c(C(=O)N2CCC(c3ccccc3)(c3csc(N)n3)CC2)c1. The predicted octanol–water partition coefficient (Wildman–Crippen LogP) is 3.15. The lowest BCUT2D eigenvalue weighted by atomic mass is 9.70. The molecular formula is C20H19N5OS. The van der Waals surface area contributed by atoms with Crippen molar-refractivity contribution in [3.63, 3.8) is 0 Å². The van der Waals surface area contributed by atoms with Crippen molar-refractivity contribution in [2.24, 2.45) is 0 Å². The third-order valence-corrected chi connectivity index (χ3v) is 5.96. The number of hydrogen-bond donors (Lipinski definition) is 2. The van der Waals surface area contributed by atoms with Crippen LogP contribution in [0, 0.1) is 11.3 Å². The number of benzene rings is 1. The monoisotopic (exact) mass is 377 g/mol. The summed E-state index contributed by atoms with van der Waals surface area (Å²) in [6, 6.07) is 14.0. The number of aromatic amines is 1. The van der Waals surface area contributed by atoms with Gasteiger partial charge in [-0.05, 0) is 24.5 Å². The van der Waals surface area contributed by atoms with Gasteiger partial charge in [0.05, 0.1) is 11.3 Å². The van der Waals surface area contributed by atoms with E-state index >= 15 is 0 Å². The first-order valence-corrected chi connectivity index (χ1v) is 9.65. The third kappa shape index (κ3) is 3.09. The molecule has 1 amide bonds. The summed E-state index contributed by atoms with van der Waals surface area (Å²) in [6.07, 6.45) is 3.11. The van der Waals surface area contributed by atoms with Crippen LogP contribution in [0.25, 0.3) is 0 Å². The molecule has 0 bridgehead atoms. The fourth-order valence-electron chi connectivity index (χ4n) is 3.80. The normalized spacial score (nSPS) is 16.0. The number of H-pyrrole nitrogens is 1. The molecule has 0 saturated carbocycles. The van der Waals surface area contributed by atoms with Crippen LogP contribution >= 0.6 is 11.3 Å². The third-order valence-electron chi connectivity index (χ3n) is 5.29. The van der Waals surface area contributed by atoms with Crippen molar-refractivity contribution >= 4 is 22.4 Å². The highest BCUT2D eigenvalue weighted by molar-refractivity contribution is 7.13. The number of nitrogens with zero attached hydrogens (tertiary/aromatic N) is 3. The van der Waals surface area contributed by atoms with Gasteiger partial charge in [0.2, 0.25) is 0 Å². The van der Waals surface area contributed by atoms with Gasteiger partial charge in [-0.2, -0.15) is 5.26 Å². The first-order valence-electron chi connectivity index (χ1n) is 8.77. The van der Waals surface area contributed by atoms with Crippen LogP contribution < -0.4 is 5.73 Å². The number of nitriles is 1. The zero-order chi connectivity index (χ0) is 18.9. The van der Waals surface area contributed by atoms with Gasteiger partial charge < -0.3 is 15.6 Å². The Morgan fingerprint density at radius 3 is 2.63 bits per heavy atom. The predicted molar refractivity (Wildman–Crippen MR) is 104 cm³/mol. The number of carbonyl (C=O) groups excluding carboxylic acids is 1. The Labute approximate surface area is 161 Å². The summed E-state index contributed by atoms with van der Waals surface area (Å²) in [7, 11) is 0. The second-order valence-corrected chi connectivity index (χ2v) is 7.61. The van der Waals surface area contributed by atoms with E-state index in [-0.39, 0.29) is 11.3 Å². The number of hydrogen-bond acceptors (Lipinski definition) is 5. The fraction of sp³-hybridized carbons (Fsp3) is 0.250. The van der Waals surface area contributed by atoms with Crippen LogP contribution in [0.1, 0.15) is 40.2 Å². The minimum absolute atomic E-state index is 0.0732. The molecule has 2 aromatic heterocycles. The van der Waals surface area contributed by atoms with E-state index in [9.17, 15) is 4.79 Å². The molecule has 3 aromatic rings. The van der Waals surface area contributed by atoms with Crippen molar-refractivity contribution in [2.45, 2.75) is 18.3 Å². The summed E-state index contributed by atoms with van der Waals surface area (Å²) >= 11 is 1.45. The van der Waals surface area contributed by atoms with Crippen LogP contribution in [0.4, 0.5) is 5.13 Å². The number of carbonyl (C=O) groups is 1. The number of thiazole rings is 1. The largest absolute Gasteiger partial charge is 0.375 e. The maximum atomic E-state index is 12.8. The standard InChI is InChI=1S/C20H19N5OS/c21-11-14-10-16(23-12-14)18(26)25-8-6-20(7-9-25,15-4-2-1-3-5-15)17-13-27-19(22)24-17/h1-5,10,12-13,23H,6-9H2,(H2,22,24). The molecule has 0 aliphatic carbocycles. The van der Waals surface area contributed by atoms with E-state index in [2.05, 4.69) is 22.1 Å². The van der Waals surface area contributed by atoms with Crippen LogP contribution in [-0.4, -0.2) is 33.9 Å². The van der Waals surface area contributed by atoms with Gasteiger partial charge in [-0.25, -0.2) is 4.98 Å². The number of nitrogen functional groups attached to an aromatic ring is 1. The number of likely N-dealkylation sites (tertiary alicyclic amines) is 1. The zero-order valence-corrected chi connectivity index (χ0v) is 15.5. The fourth-order valence-corrected chi connectivity index (χ4v) is 4.46. The van der Waals surface area contributed by atoms with E-state index in [0.717, 1.165) is 18.5 Å². The van der Waals surface area contributed by atoms with E-state index in [4.69, 9.17) is 11.0 Å². The van der Waals surface area contributed by atoms with Crippen LogP contribution in [-0.2, 0) is 5.41 Å². The maximum absolute atomic E-state index is 12.8. The van der Waals surface area contributed by atoms with Gasteiger partial charge in [-0.3, -0.25) is 4.79 Å². The lowest BCUT2D eigenvalue weighted by Crippen LogP contribution is -2.46. The van der Waals surface area contributed by atoms with Gasteiger partial charge in [-0.1, -0.05) is 30.3 Å². The van der Waals surface area contributed by atoms with E-state index < -0.39 is 0 Å². The van der Waals surface area contributed by atoms with Crippen molar-refractivity contribution < 1.29 is 4.79 Å². The molecule has 1 aliphatic rings. The molecule has 6 nitrogen and oxygen atoms in total. The van der Waals surface area contributed by atoms with Crippen LogP contribution in [0.2, 0.25) is 0 Å². The number of piperidine rings is 1. The molecule has 136 valence electrons.